The van der Waals surface area contributed by atoms with Gasteiger partial charge in [-0.2, -0.15) is 10.2 Å². The molecule has 10 heteroatoms. The van der Waals surface area contributed by atoms with Crippen molar-refractivity contribution in [1.29, 1.82) is 0 Å². The quantitative estimate of drug-likeness (QED) is 0.622. The second-order valence-electron chi connectivity index (χ2n) is 5.73. The molecule has 1 unspecified atom stereocenters. The fraction of sp³-hybridized carbons (Fsp3) is 0.333. The molecule has 0 fully saturated rings. The maximum Gasteiger partial charge on any atom is 0.151 e. The van der Waals surface area contributed by atoms with Crippen LogP contribution in [0.15, 0.2) is 33.3 Å². The number of azo groups is 1. The van der Waals surface area contributed by atoms with Gasteiger partial charge in [0, 0.05) is 48.6 Å². The van der Waals surface area contributed by atoms with E-state index in [1.54, 1.807) is 31.1 Å². The van der Waals surface area contributed by atoms with E-state index in [1.807, 2.05) is 0 Å². The molecule has 25 heavy (non-hydrogen) atoms. The first kappa shape index (κ1) is 19.3. The number of fused-ring (bicyclic) bond motifs is 1. The van der Waals surface area contributed by atoms with Crippen molar-refractivity contribution in [2.75, 3.05) is 32.3 Å². The SMILES string of the molecule is CN=Nc1c(N(C)C)ccc2c(O)c(CS(C)(=O)=O)c(S(=O)[O-])cc12. The Kier molecular flexibility index (Phi) is 5.45. The van der Waals surface area contributed by atoms with Gasteiger partial charge < -0.3 is 14.6 Å². The molecular weight excluding hydrogens is 366 g/mol. The highest BCUT2D eigenvalue weighted by Crippen LogP contribution is 2.42. The average molecular weight is 384 g/mol. The third-order valence-electron chi connectivity index (χ3n) is 3.58. The Balaban J connectivity index is 2.97. The first-order valence-corrected chi connectivity index (χ1v) is 10.3. The summed E-state index contributed by atoms with van der Waals surface area (Å²) in [7, 11) is 1.51. The van der Waals surface area contributed by atoms with Crippen molar-refractivity contribution in [1.82, 2.24) is 0 Å². The molecule has 0 aliphatic heterocycles. The van der Waals surface area contributed by atoms with E-state index < -0.39 is 26.7 Å². The Bertz CT molecular complexity index is 985. The molecule has 0 aliphatic rings. The van der Waals surface area contributed by atoms with E-state index in [4.69, 9.17) is 0 Å². The van der Waals surface area contributed by atoms with Crippen molar-refractivity contribution in [2.45, 2.75) is 10.6 Å². The van der Waals surface area contributed by atoms with Crippen LogP contribution in [0.4, 0.5) is 11.4 Å². The zero-order chi connectivity index (χ0) is 18.9. The molecule has 0 aliphatic carbocycles. The number of benzene rings is 2. The van der Waals surface area contributed by atoms with Gasteiger partial charge in [-0.1, -0.05) is 0 Å². The molecule has 8 nitrogen and oxygen atoms in total. The third kappa shape index (κ3) is 3.97. The van der Waals surface area contributed by atoms with E-state index in [2.05, 4.69) is 10.2 Å². The number of hydrogen-bond donors (Lipinski definition) is 1. The summed E-state index contributed by atoms with van der Waals surface area (Å²) in [6, 6.07) is 4.61. The maximum atomic E-state index is 11.6. The van der Waals surface area contributed by atoms with Crippen LogP contribution in [-0.4, -0.2) is 49.7 Å². The number of phenols is 1. The van der Waals surface area contributed by atoms with Crippen LogP contribution in [0.1, 0.15) is 5.56 Å². The largest absolute Gasteiger partial charge is 0.768 e. The van der Waals surface area contributed by atoms with Crippen LogP contribution >= 0.6 is 0 Å². The molecule has 1 N–H and O–H groups in total. The van der Waals surface area contributed by atoms with Crippen LogP contribution in [0, 0.1) is 0 Å². The molecule has 1 atom stereocenters. The first-order valence-electron chi connectivity index (χ1n) is 7.12. The molecule has 0 amide bonds. The van der Waals surface area contributed by atoms with Gasteiger partial charge in [-0.25, -0.2) is 8.42 Å². The zero-order valence-electron chi connectivity index (χ0n) is 14.2. The highest BCUT2D eigenvalue weighted by atomic mass is 32.2. The van der Waals surface area contributed by atoms with E-state index >= 15 is 0 Å². The minimum absolute atomic E-state index is 0.152. The van der Waals surface area contributed by atoms with E-state index in [-0.39, 0.29) is 16.2 Å². The fourth-order valence-electron chi connectivity index (χ4n) is 2.56. The van der Waals surface area contributed by atoms with Gasteiger partial charge in [-0.05, 0) is 29.3 Å². The normalized spacial score (nSPS) is 13.5. The van der Waals surface area contributed by atoms with Gasteiger partial charge in [0.15, 0.2) is 9.84 Å². The van der Waals surface area contributed by atoms with E-state index in [0.29, 0.717) is 22.1 Å². The van der Waals surface area contributed by atoms with Crippen LogP contribution < -0.4 is 4.90 Å². The van der Waals surface area contributed by atoms with Gasteiger partial charge in [0.25, 0.3) is 0 Å². The number of phenolic OH excluding ortho intramolecular Hbond substituents is 1. The zero-order valence-corrected chi connectivity index (χ0v) is 15.8. The van der Waals surface area contributed by atoms with Crippen LogP contribution in [0.25, 0.3) is 10.8 Å². The summed E-state index contributed by atoms with van der Waals surface area (Å²) >= 11 is -2.73. The van der Waals surface area contributed by atoms with Gasteiger partial charge >= 0.3 is 0 Å². The molecule has 0 spiro atoms. The van der Waals surface area contributed by atoms with Gasteiger partial charge in [-0.15, -0.1) is 0 Å². The van der Waals surface area contributed by atoms with Gasteiger partial charge in [-0.3, -0.25) is 4.21 Å². The number of anilines is 1. The topological polar surface area (TPSA) is 122 Å². The molecule has 0 aromatic heterocycles. The van der Waals surface area contributed by atoms with Crippen molar-refractivity contribution >= 4 is 43.1 Å². The highest BCUT2D eigenvalue weighted by molar-refractivity contribution is 7.90. The smallest absolute Gasteiger partial charge is 0.151 e. The minimum atomic E-state index is -3.55. The Hall–Kier alpha value is -2.04. The molecule has 0 bridgehead atoms. The van der Waals surface area contributed by atoms with E-state index in [1.165, 1.54) is 13.1 Å². The molecular formula is C15H18N3O5S2-. The fourth-order valence-corrected chi connectivity index (χ4v) is 4.06. The lowest BCUT2D eigenvalue weighted by Gasteiger charge is -2.20. The highest BCUT2D eigenvalue weighted by Gasteiger charge is 2.21. The lowest BCUT2D eigenvalue weighted by molar-refractivity contribution is 0.472. The number of aromatic hydroxyl groups is 1. The van der Waals surface area contributed by atoms with Crippen molar-refractivity contribution in [3.05, 3.63) is 23.8 Å². The van der Waals surface area contributed by atoms with Gasteiger partial charge in [0.05, 0.1) is 11.4 Å². The summed E-state index contributed by atoms with van der Waals surface area (Å²) in [4.78, 5) is 1.50. The molecule has 0 saturated heterocycles. The number of rotatable bonds is 5. The molecule has 2 aromatic carbocycles. The summed E-state index contributed by atoms with van der Waals surface area (Å²) in [6.07, 6.45) is 0.972. The molecule has 2 aromatic rings. The molecule has 2 rings (SSSR count). The molecule has 0 heterocycles. The molecule has 0 radical (unpaired) electrons. The standard InChI is InChI=1S/C15H19N3O5S2/c1-16-17-14-10-7-13(24(20)21)11(8-25(4,22)23)15(19)9(10)5-6-12(14)18(2)3/h5-7,19H,8H2,1-4H3,(H,20,21)/p-1. The number of nitrogens with zero attached hydrogens (tertiary/aromatic N) is 3. The van der Waals surface area contributed by atoms with Crippen LogP contribution in [0.5, 0.6) is 5.75 Å². The second-order valence-corrected chi connectivity index (χ2v) is 8.78. The van der Waals surface area contributed by atoms with Crippen LogP contribution in [0.2, 0.25) is 0 Å². The Morgan fingerprint density at radius 3 is 2.40 bits per heavy atom. The van der Waals surface area contributed by atoms with Crippen LogP contribution in [0.3, 0.4) is 0 Å². The number of hydrogen-bond acceptors (Lipinski definition) is 8. The predicted molar refractivity (Wildman–Crippen MR) is 96.1 cm³/mol. The summed E-state index contributed by atoms with van der Waals surface area (Å²) in [5.41, 5.74) is 0.911. The number of sulfone groups is 1. The first-order chi connectivity index (χ1) is 11.6. The molecule has 0 saturated carbocycles. The minimum Gasteiger partial charge on any atom is -0.768 e. The monoisotopic (exact) mass is 384 g/mol. The van der Waals surface area contributed by atoms with Crippen molar-refractivity contribution in [3.8, 4) is 5.75 Å². The summed E-state index contributed by atoms with van der Waals surface area (Å²) in [5, 5.41) is 19.0. The van der Waals surface area contributed by atoms with E-state index in [9.17, 15) is 22.3 Å². The average Bonchev–Trinajstić information content (AvgIpc) is 2.48. The van der Waals surface area contributed by atoms with Crippen molar-refractivity contribution in [3.63, 3.8) is 0 Å². The Morgan fingerprint density at radius 1 is 1.28 bits per heavy atom. The van der Waals surface area contributed by atoms with Gasteiger partial charge in [0.2, 0.25) is 0 Å². The summed E-state index contributed by atoms with van der Waals surface area (Å²) in [5.74, 6) is -0.974. The van der Waals surface area contributed by atoms with Crippen LogP contribution in [-0.2, 0) is 26.7 Å². The molecule has 136 valence electrons. The van der Waals surface area contributed by atoms with Crippen molar-refractivity contribution < 1.29 is 22.3 Å². The van der Waals surface area contributed by atoms with E-state index in [0.717, 1.165) is 6.26 Å². The predicted octanol–water partition coefficient (Wildman–Crippen LogP) is 2.11. The Labute approximate surface area is 148 Å². The second kappa shape index (κ2) is 7.06. The third-order valence-corrected chi connectivity index (χ3v) is 5.11. The maximum absolute atomic E-state index is 11.6. The summed E-state index contributed by atoms with van der Waals surface area (Å²) < 4.78 is 46.5. The van der Waals surface area contributed by atoms with Crippen molar-refractivity contribution in [2.24, 2.45) is 10.2 Å². The van der Waals surface area contributed by atoms with Gasteiger partial charge in [0.1, 0.15) is 11.4 Å². The lowest BCUT2D eigenvalue weighted by Crippen LogP contribution is -2.09. The summed E-state index contributed by atoms with van der Waals surface area (Å²) in [6.45, 7) is 0. The lowest BCUT2D eigenvalue weighted by atomic mass is 10.0. The Morgan fingerprint density at radius 2 is 1.92 bits per heavy atom.